The zero-order valence-corrected chi connectivity index (χ0v) is 29.9. The molecular weight excluding hydrogens is 620 g/mol. The second-order valence-corrected chi connectivity index (χ2v) is 12.5. The van der Waals surface area contributed by atoms with Gasteiger partial charge < -0.3 is 29.2 Å². The lowest BCUT2D eigenvalue weighted by molar-refractivity contribution is -0.302. The van der Waals surface area contributed by atoms with Gasteiger partial charge in [-0.25, -0.2) is 9.59 Å². The van der Waals surface area contributed by atoms with Crippen LogP contribution in [0.15, 0.2) is 99.2 Å². The molecule has 0 radical (unpaired) electrons. The molecule has 8 heteroatoms. The molecule has 2 rings (SSSR count). The molecule has 264 valence electrons. The van der Waals surface area contributed by atoms with Crippen molar-refractivity contribution in [1.29, 1.82) is 0 Å². The van der Waals surface area contributed by atoms with Crippen molar-refractivity contribution in [2.45, 2.75) is 97.4 Å². The quantitative estimate of drug-likeness (QED) is 0.0630. The largest absolute Gasteiger partial charge is 0.429 e. The van der Waals surface area contributed by atoms with E-state index in [0.717, 1.165) is 33.4 Å². The average Bonchev–Trinajstić information content (AvgIpc) is 3.03. The van der Waals surface area contributed by atoms with Crippen molar-refractivity contribution in [1.82, 2.24) is 0 Å². The normalized spacial score (nSPS) is 13.6. The van der Waals surface area contributed by atoms with Crippen molar-refractivity contribution in [2.75, 3.05) is 0 Å². The highest BCUT2D eigenvalue weighted by atomic mass is 16.8. The van der Waals surface area contributed by atoms with Gasteiger partial charge >= 0.3 is 23.9 Å². The van der Waals surface area contributed by atoms with E-state index in [-0.39, 0.29) is 24.0 Å². The number of carbonyl (C=O) groups is 2. The summed E-state index contributed by atoms with van der Waals surface area (Å²) in [6.07, 6.45) is 8.43. The number of hydrogen-bond acceptors (Lipinski definition) is 8. The summed E-state index contributed by atoms with van der Waals surface area (Å²) in [6, 6.07) is 7.94. The Morgan fingerprint density at radius 2 is 0.898 bits per heavy atom. The smallest absolute Gasteiger partial charge is 0.371 e. The third-order valence-corrected chi connectivity index (χ3v) is 8.00. The Labute approximate surface area is 291 Å². The second-order valence-electron chi connectivity index (χ2n) is 12.5. The monoisotopic (exact) mass is 672 g/mol. The minimum Gasteiger partial charge on any atom is -0.429 e. The predicted molar refractivity (Wildman–Crippen MR) is 194 cm³/mol. The van der Waals surface area contributed by atoms with E-state index in [2.05, 4.69) is 53.3 Å². The van der Waals surface area contributed by atoms with E-state index in [1.165, 1.54) is 13.8 Å². The van der Waals surface area contributed by atoms with E-state index in [1.807, 2.05) is 24.3 Å². The predicted octanol–water partition coefficient (Wildman–Crippen LogP) is 8.03. The maximum absolute atomic E-state index is 12.4. The second kappa shape index (κ2) is 17.1. The van der Waals surface area contributed by atoms with Crippen molar-refractivity contribution >= 4 is 11.9 Å². The van der Waals surface area contributed by atoms with Crippen molar-refractivity contribution < 1.29 is 38.7 Å². The van der Waals surface area contributed by atoms with Crippen molar-refractivity contribution in [3.05, 3.63) is 133 Å². The van der Waals surface area contributed by atoms with Crippen LogP contribution in [0.1, 0.15) is 87.8 Å². The first-order valence-corrected chi connectivity index (χ1v) is 16.3. The number of ether oxygens (including phenoxy) is 4. The molecule has 0 aliphatic carbocycles. The molecule has 2 unspecified atom stereocenters. The Bertz CT molecular complexity index is 1430. The molecule has 2 atom stereocenters. The minimum absolute atomic E-state index is 0.0353. The molecule has 0 fully saturated rings. The fourth-order valence-corrected chi connectivity index (χ4v) is 5.00. The van der Waals surface area contributed by atoms with Crippen molar-refractivity contribution in [3.63, 3.8) is 0 Å². The first-order chi connectivity index (χ1) is 22.9. The molecule has 2 aromatic rings. The van der Waals surface area contributed by atoms with Gasteiger partial charge in [-0.2, -0.15) is 0 Å². The molecule has 0 saturated heterocycles. The lowest BCUT2D eigenvalue weighted by atomic mass is 9.75. The maximum Gasteiger partial charge on any atom is 0.371 e. The number of rotatable bonds is 20. The van der Waals surface area contributed by atoms with Crippen LogP contribution in [-0.4, -0.2) is 34.1 Å². The Balaban J connectivity index is 2.82. The van der Waals surface area contributed by atoms with E-state index in [0.29, 0.717) is 37.2 Å². The van der Waals surface area contributed by atoms with Gasteiger partial charge in [0.2, 0.25) is 0 Å². The molecule has 0 bridgehead atoms. The summed E-state index contributed by atoms with van der Waals surface area (Å²) >= 11 is 0. The third kappa shape index (κ3) is 10.2. The van der Waals surface area contributed by atoms with Gasteiger partial charge in [0.15, 0.2) is 0 Å². The fraction of sp³-hybridized carbons (Fsp3) is 0.366. The van der Waals surface area contributed by atoms with Gasteiger partial charge in [-0.05, 0) is 72.9 Å². The van der Waals surface area contributed by atoms with Gasteiger partial charge in [0.05, 0.1) is 12.8 Å². The number of carbonyl (C=O) groups excluding carboxylic acids is 2. The van der Waals surface area contributed by atoms with Crippen molar-refractivity contribution in [2.24, 2.45) is 0 Å². The Morgan fingerprint density at radius 3 is 1.10 bits per heavy atom. The molecule has 0 saturated carbocycles. The van der Waals surface area contributed by atoms with Crippen LogP contribution < -0.4 is 9.47 Å². The summed E-state index contributed by atoms with van der Waals surface area (Å²) in [7, 11) is 0. The van der Waals surface area contributed by atoms with Gasteiger partial charge in [-0.15, -0.1) is 26.3 Å². The number of aliphatic hydroxyl groups is 2. The molecule has 0 aliphatic rings. The highest BCUT2D eigenvalue weighted by Crippen LogP contribution is 2.42. The molecule has 0 heterocycles. The number of hydrogen-bond donors (Lipinski definition) is 2. The molecule has 0 aliphatic heterocycles. The van der Waals surface area contributed by atoms with Crippen LogP contribution in [0.5, 0.6) is 11.5 Å². The van der Waals surface area contributed by atoms with Crippen molar-refractivity contribution in [3.8, 4) is 11.5 Å². The van der Waals surface area contributed by atoms with E-state index in [1.54, 1.807) is 38.2 Å². The highest BCUT2D eigenvalue weighted by molar-refractivity contribution is 5.87. The summed E-state index contributed by atoms with van der Waals surface area (Å²) < 4.78 is 22.8. The molecule has 0 aromatic heterocycles. The van der Waals surface area contributed by atoms with Crippen LogP contribution in [0.25, 0.3) is 0 Å². The van der Waals surface area contributed by atoms with E-state index >= 15 is 0 Å². The molecule has 2 N–H and O–H groups in total. The molecule has 0 amide bonds. The first-order valence-electron chi connectivity index (χ1n) is 16.3. The Morgan fingerprint density at radius 1 is 0.633 bits per heavy atom. The SMILES string of the molecule is C=CCc1cc(C(C)(C)c2cc(CC=C)c(OC(O)(CC)OC(=O)C(=C)C)c(CC=C)c2)cc(CC=C)c1OC(O)(CC)OC(=O)C(=C)C. The zero-order chi connectivity index (χ0) is 37.2. The van der Waals surface area contributed by atoms with Crippen LogP contribution in [0.2, 0.25) is 0 Å². The number of allylic oxidation sites excluding steroid dienone is 4. The highest BCUT2D eigenvalue weighted by Gasteiger charge is 2.37. The number of benzene rings is 2. The molecule has 0 spiro atoms. The van der Waals surface area contributed by atoms with E-state index in [9.17, 15) is 19.8 Å². The van der Waals surface area contributed by atoms with Crippen LogP contribution in [0.4, 0.5) is 0 Å². The minimum atomic E-state index is -2.23. The van der Waals surface area contributed by atoms with Gasteiger partial charge in [-0.3, -0.25) is 0 Å². The maximum atomic E-state index is 12.4. The van der Waals surface area contributed by atoms with Crippen LogP contribution in [0, 0.1) is 0 Å². The zero-order valence-electron chi connectivity index (χ0n) is 29.9. The topological polar surface area (TPSA) is 112 Å². The summed E-state index contributed by atoms with van der Waals surface area (Å²) in [5.74, 6) is -5.28. The lowest BCUT2D eigenvalue weighted by Gasteiger charge is -2.33. The standard InChI is InChI=1S/C41H52O8/c1-13-19-29-23-33(24-30(20-14-2)35(29)46-40(44,17-5)48-37(42)27(7)8)39(11,12)34-25-31(21-15-3)36(32(26-34)22-16-4)47-41(45,18-6)49-38(43)28(9)10/h13-16,23-26,44-45H,1-4,7,9,17-22H2,5-6,8,10-12H3. The lowest BCUT2D eigenvalue weighted by Crippen LogP contribution is -2.41. The van der Waals surface area contributed by atoms with Crippen LogP contribution in [0.3, 0.4) is 0 Å². The van der Waals surface area contributed by atoms with Crippen LogP contribution in [-0.2, 0) is 50.2 Å². The average molecular weight is 673 g/mol. The molecule has 49 heavy (non-hydrogen) atoms. The van der Waals surface area contributed by atoms with E-state index < -0.39 is 29.3 Å². The molecular formula is C41H52O8. The molecule has 2 aromatic carbocycles. The number of esters is 2. The fourth-order valence-electron chi connectivity index (χ4n) is 5.00. The Hall–Kier alpha value is -4.66. The van der Waals surface area contributed by atoms with E-state index in [4.69, 9.17) is 18.9 Å². The summed E-state index contributed by atoms with van der Waals surface area (Å²) in [5, 5.41) is 22.4. The first kappa shape index (κ1) is 40.5. The van der Waals surface area contributed by atoms with Gasteiger partial charge in [0.25, 0.3) is 0 Å². The van der Waals surface area contributed by atoms with Crippen LogP contribution >= 0.6 is 0 Å². The molecule has 8 nitrogen and oxygen atoms in total. The summed E-state index contributed by atoms with van der Waals surface area (Å²) in [4.78, 5) is 24.7. The van der Waals surface area contributed by atoms with Gasteiger partial charge in [-0.1, -0.05) is 89.4 Å². The Kier molecular flexibility index (Phi) is 14.2. The van der Waals surface area contributed by atoms with Gasteiger partial charge in [0, 0.05) is 16.6 Å². The van der Waals surface area contributed by atoms with Gasteiger partial charge in [0.1, 0.15) is 11.5 Å². The summed E-state index contributed by atoms with van der Waals surface area (Å²) in [6.45, 7) is 33.3. The third-order valence-electron chi connectivity index (χ3n) is 8.00. The summed E-state index contributed by atoms with van der Waals surface area (Å²) in [5.41, 5.74) is 4.38.